The van der Waals surface area contributed by atoms with Crippen molar-refractivity contribution in [3.63, 3.8) is 0 Å². The van der Waals surface area contributed by atoms with Crippen molar-refractivity contribution in [1.29, 1.82) is 0 Å². The Morgan fingerprint density at radius 3 is 2.67 bits per heavy atom. The maximum atomic E-state index is 9.78. The number of hydrogen-bond donors (Lipinski definition) is 1. The van der Waals surface area contributed by atoms with Gasteiger partial charge in [0.25, 0.3) is 0 Å². The molecule has 5 nitrogen and oxygen atoms in total. The Hall–Kier alpha value is -1.65. The van der Waals surface area contributed by atoms with Crippen molar-refractivity contribution in [3.8, 4) is 0 Å². The summed E-state index contributed by atoms with van der Waals surface area (Å²) in [5.74, 6) is 0.454. The Balaban J connectivity index is 2.78. The molecule has 0 unspecified atom stereocenters. The van der Waals surface area contributed by atoms with Crippen molar-refractivity contribution in [2.24, 2.45) is 5.29 Å². The van der Waals surface area contributed by atoms with Crippen LogP contribution in [0.15, 0.2) is 23.6 Å². The van der Waals surface area contributed by atoms with Crippen LogP contribution in [-0.4, -0.2) is 19.1 Å². The van der Waals surface area contributed by atoms with E-state index in [9.17, 15) is 4.91 Å². The zero-order valence-electron chi connectivity index (χ0n) is 6.98. The van der Waals surface area contributed by atoms with Gasteiger partial charge in [-0.05, 0) is 12.1 Å². The van der Waals surface area contributed by atoms with Gasteiger partial charge in [-0.1, -0.05) is 0 Å². The van der Waals surface area contributed by atoms with Gasteiger partial charge in [-0.2, -0.15) is 0 Å². The van der Waals surface area contributed by atoms with Gasteiger partial charge in [0.15, 0.2) is 0 Å². The van der Waals surface area contributed by atoms with Crippen LogP contribution >= 0.6 is 0 Å². The summed E-state index contributed by atoms with van der Waals surface area (Å²) >= 11 is 0. The van der Waals surface area contributed by atoms with Gasteiger partial charge in [-0.25, -0.2) is 10.4 Å². The van der Waals surface area contributed by atoms with Crippen LogP contribution in [0.2, 0.25) is 0 Å². The number of rotatable bonds is 3. The Bertz CT molecular complexity index is 257. The van der Waals surface area contributed by atoms with Crippen molar-refractivity contribution in [2.45, 2.75) is 0 Å². The van der Waals surface area contributed by atoms with Crippen molar-refractivity contribution >= 4 is 11.5 Å². The minimum Gasteiger partial charge on any atom is -0.376 e. The van der Waals surface area contributed by atoms with Crippen molar-refractivity contribution < 1.29 is 0 Å². The molecule has 1 aromatic heterocycles. The molecule has 0 spiro atoms. The Kier molecular flexibility index (Phi) is 2.57. The van der Waals surface area contributed by atoms with Crippen LogP contribution in [0.5, 0.6) is 0 Å². The zero-order valence-corrected chi connectivity index (χ0v) is 6.98. The second kappa shape index (κ2) is 3.66. The lowest BCUT2D eigenvalue weighted by Crippen LogP contribution is -2.08. The third-order valence-electron chi connectivity index (χ3n) is 1.42. The highest BCUT2D eigenvalue weighted by molar-refractivity contribution is 5.47. The fraction of sp³-hybridized carbons (Fsp3) is 0.286. The van der Waals surface area contributed by atoms with E-state index in [4.69, 9.17) is 0 Å². The molecule has 0 aliphatic rings. The van der Waals surface area contributed by atoms with E-state index in [0.717, 1.165) is 5.69 Å². The molecule has 64 valence electrons. The number of nitroso groups, excluding NO2 is 1. The average molecular weight is 166 g/mol. The van der Waals surface area contributed by atoms with Gasteiger partial charge >= 0.3 is 0 Å². The molecule has 1 rings (SSSR count). The maximum absolute atomic E-state index is 9.78. The number of anilines is 2. The first-order valence-electron chi connectivity index (χ1n) is 3.46. The summed E-state index contributed by atoms with van der Waals surface area (Å²) < 4.78 is 0. The fourth-order valence-corrected chi connectivity index (χ4v) is 0.764. The minimum absolute atomic E-state index is 0.454. The first kappa shape index (κ1) is 8.45. The summed E-state index contributed by atoms with van der Waals surface area (Å²) in [7, 11) is 3.84. The Morgan fingerprint density at radius 2 is 2.25 bits per heavy atom. The molecule has 1 N–H and O–H groups in total. The molecule has 0 saturated heterocycles. The van der Waals surface area contributed by atoms with Crippen LogP contribution in [0.1, 0.15) is 0 Å². The molecule has 5 heteroatoms. The molecule has 0 radical (unpaired) electrons. The highest BCUT2D eigenvalue weighted by Gasteiger charge is 1.95. The van der Waals surface area contributed by atoms with E-state index in [2.05, 4.69) is 15.7 Å². The smallest absolute Gasteiger partial charge is 0.148 e. The fourth-order valence-electron chi connectivity index (χ4n) is 0.764. The van der Waals surface area contributed by atoms with Crippen LogP contribution < -0.4 is 10.3 Å². The summed E-state index contributed by atoms with van der Waals surface area (Å²) in [5.41, 5.74) is 3.19. The molecule has 0 fully saturated rings. The van der Waals surface area contributed by atoms with E-state index < -0.39 is 0 Å². The number of nitrogens with one attached hydrogen (secondary N) is 1. The van der Waals surface area contributed by atoms with E-state index in [1.165, 1.54) is 0 Å². The first-order valence-corrected chi connectivity index (χ1v) is 3.46. The molecule has 1 heterocycles. The maximum Gasteiger partial charge on any atom is 0.148 e. The van der Waals surface area contributed by atoms with Gasteiger partial charge in [-0.15, -0.1) is 4.91 Å². The van der Waals surface area contributed by atoms with Gasteiger partial charge in [0.2, 0.25) is 0 Å². The van der Waals surface area contributed by atoms with Crippen molar-refractivity contribution in [2.75, 3.05) is 24.4 Å². The topological polar surface area (TPSA) is 57.6 Å². The standard InChI is InChI=1S/C7H10N4O/c1-11(2)6-3-4-7(8-5-6)9-10-12/h3-5H,1-2H3,(H,8,9,12). The van der Waals surface area contributed by atoms with E-state index in [0.29, 0.717) is 5.82 Å². The summed E-state index contributed by atoms with van der Waals surface area (Å²) in [6.45, 7) is 0. The highest BCUT2D eigenvalue weighted by atomic mass is 16.3. The lowest BCUT2D eigenvalue weighted by atomic mass is 10.4. The number of nitrogens with zero attached hydrogens (tertiary/aromatic N) is 3. The molecule has 0 atom stereocenters. The van der Waals surface area contributed by atoms with Crippen molar-refractivity contribution in [3.05, 3.63) is 23.2 Å². The second-order valence-electron chi connectivity index (χ2n) is 2.50. The molecule has 0 aliphatic heterocycles. The van der Waals surface area contributed by atoms with Crippen LogP contribution in [0.25, 0.3) is 0 Å². The van der Waals surface area contributed by atoms with Crippen LogP contribution in [-0.2, 0) is 0 Å². The lowest BCUT2D eigenvalue weighted by molar-refractivity contribution is 1.10. The number of hydrogen-bond acceptors (Lipinski definition) is 4. The SMILES string of the molecule is CN(C)c1ccc(NN=O)nc1. The summed E-state index contributed by atoms with van der Waals surface area (Å²) in [4.78, 5) is 15.6. The molecular weight excluding hydrogens is 156 g/mol. The molecule has 12 heavy (non-hydrogen) atoms. The van der Waals surface area contributed by atoms with Gasteiger partial charge < -0.3 is 4.90 Å². The summed E-state index contributed by atoms with van der Waals surface area (Å²) in [6, 6.07) is 3.54. The molecule has 0 aromatic carbocycles. The molecule has 0 aliphatic carbocycles. The van der Waals surface area contributed by atoms with Gasteiger partial charge in [0, 0.05) is 14.1 Å². The molecular formula is C7H10N4O. The normalized spacial score (nSPS) is 9.17. The zero-order chi connectivity index (χ0) is 8.97. The third kappa shape index (κ3) is 1.91. The van der Waals surface area contributed by atoms with E-state index in [1.807, 2.05) is 25.1 Å². The molecule has 0 saturated carbocycles. The predicted octanol–water partition coefficient (Wildman–Crippen LogP) is 1.24. The van der Waals surface area contributed by atoms with Gasteiger partial charge in [0.1, 0.15) is 5.82 Å². The van der Waals surface area contributed by atoms with Crippen molar-refractivity contribution in [1.82, 2.24) is 4.98 Å². The van der Waals surface area contributed by atoms with E-state index in [-0.39, 0.29) is 0 Å². The average Bonchev–Trinajstić information content (AvgIpc) is 2.06. The largest absolute Gasteiger partial charge is 0.376 e. The monoisotopic (exact) mass is 166 g/mol. The molecule has 1 aromatic rings. The van der Waals surface area contributed by atoms with E-state index in [1.54, 1.807) is 12.3 Å². The number of aromatic nitrogens is 1. The number of pyridine rings is 1. The Morgan fingerprint density at radius 1 is 1.50 bits per heavy atom. The quantitative estimate of drug-likeness (QED) is 0.542. The minimum atomic E-state index is 0.454. The third-order valence-corrected chi connectivity index (χ3v) is 1.42. The Labute approximate surface area is 70.4 Å². The summed E-state index contributed by atoms with van der Waals surface area (Å²) in [5, 5.41) is 2.50. The summed E-state index contributed by atoms with van der Waals surface area (Å²) in [6.07, 6.45) is 1.66. The van der Waals surface area contributed by atoms with Crippen LogP contribution in [0.4, 0.5) is 11.5 Å². The second-order valence-corrected chi connectivity index (χ2v) is 2.50. The molecule has 0 bridgehead atoms. The lowest BCUT2D eigenvalue weighted by Gasteiger charge is -2.11. The van der Waals surface area contributed by atoms with Crippen LogP contribution in [0, 0.1) is 4.91 Å². The van der Waals surface area contributed by atoms with E-state index >= 15 is 0 Å². The predicted molar refractivity (Wildman–Crippen MR) is 48.0 cm³/mol. The highest BCUT2D eigenvalue weighted by Crippen LogP contribution is 2.11. The molecule has 0 amide bonds. The van der Waals surface area contributed by atoms with Gasteiger partial charge in [-0.3, -0.25) is 0 Å². The first-order chi connectivity index (χ1) is 5.74. The van der Waals surface area contributed by atoms with Crippen LogP contribution in [0.3, 0.4) is 0 Å². The van der Waals surface area contributed by atoms with Gasteiger partial charge in [0.05, 0.1) is 17.2 Å².